The van der Waals surface area contributed by atoms with Gasteiger partial charge in [-0.15, -0.1) is 0 Å². The molecule has 0 spiro atoms. The zero-order valence-corrected chi connectivity index (χ0v) is 18.6. The van der Waals surface area contributed by atoms with E-state index in [1.807, 2.05) is 0 Å². The van der Waals surface area contributed by atoms with Crippen LogP contribution in [0.1, 0.15) is 0 Å². The predicted molar refractivity (Wildman–Crippen MR) is 143 cm³/mol. The average Bonchev–Trinajstić information content (AvgIpc) is 3.41. The molecule has 0 bridgehead atoms. The molecule has 34 heavy (non-hydrogen) atoms. The maximum absolute atomic E-state index is 6.10. The summed E-state index contributed by atoms with van der Waals surface area (Å²) in [4.78, 5) is 0. The summed E-state index contributed by atoms with van der Waals surface area (Å²) in [6, 6.07) is 41.3. The second-order valence-electron chi connectivity index (χ2n) is 8.78. The first kappa shape index (κ1) is 19.2. The van der Waals surface area contributed by atoms with Gasteiger partial charge in [0.1, 0.15) is 0 Å². The fraction of sp³-hybridized carbons (Fsp3) is 0.0323. The summed E-state index contributed by atoms with van der Waals surface area (Å²) in [5.74, 6) is 0. The Balaban J connectivity index is 1.48. The Morgan fingerprint density at radius 3 is 1.68 bits per heavy atom. The highest BCUT2D eigenvalue weighted by Gasteiger charge is 2.14. The molecule has 7 rings (SSSR count). The zero-order chi connectivity index (χ0) is 22.6. The van der Waals surface area contributed by atoms with E-state index in [0.717, 1.165) is 0 Å². The van der Waals surface area contributed by atoms with Gasteiger partial charge in [-0.25, -0.2) is 0 Å². The Bertz CT molecular complexity index is 1840. The van der Waals surface area contributed by atoms with E-state index in [4.69, 9.17) is 5.73 Å². The molecule has 3 nitrogen and oxygen atoms in total. The summed E-state index contributed by atoms with van der Waals surface area (Å²) in [6.45, 7) is 0.467. The highest BCUT2D eigenvalue weighted by Crippen LogP contribution is 2.37. The molecule has 5 aromatic carbocycles. The van der Waals surface area contributed by atoms with Gasteiger partial charge in [-0.3, -0.25) is 0 Å². The Hall–Kier alpha value is -4.34. The maximum atomic E-state index is 6.10. The molecule has 0 saturated carbocycles. The molecule has 0 atom stereocenters. The molecule has 0 aliphatic carbocycles. The van der Waals surface area contributed by atoms with Gasteiger partial charge < -0.3 is 14.9 Å². The van der Waals surface area contributed by atoms with Crippen molar-refractivity contribution >= 4 is 43.6 Å². The van der Waals surface area contributed by atoms with Gasteiger partial charge in [0.2, 0.25) is 0 Å². The first-order valence-electron chi connectivity index (χ1n) is 11.6. The van der Waals surface area contributed by atoms with Crippen LogP contribution in [-0.2, 0) is 6.67 Å². The third kappa shape index (κ3) is 2.68. The van der Waals surface area contributed by atoms with Crippen molar-refractivity contribution in [1.29, 1.82) is 0 Å². The van der Waals surface area contributed by atoms with Gasteiger partial charge in [0.05, 0.1) is 28.7 Å². The van der Waals surface area contributed by atoms with Crippen LogP contribution in [0.2, 0.25) is 0 Å². The molecule has 2 aromatic heterocycles. The summed E-state index contributed by atoms with van der Waals surface area (Å²) in [7, 11) is 0. The number of hydrogen-bond acceptors (Lipinski definition) is 1. The minimum atomic E-state index is 0.467. The average molecular weight is 438 g/mol. The van der Waals surface area contributed by atoms with E-state index in [-0.39, 0.29) is 0 Å². The molecule has 0 aliphatic rings. The van der Waals surface area contributed by atoms with Crippen LogP contribution in [0.4, 0.5) is 0 Å². The van der Waals surface area contributed by atoms with Gasteiger partial charge in [-0.2, -0.15) is 0 Å². The Morgan fingerprint density at radius 2 is 0.971 bits per heavy atom. The summed E-state index contributed by atoms with van der Waals surface area (Å²) >= 11 is 0. The Labute approximate surface area is 197 Å². The second-order valence-corrected chi connectivity index (χ2v) is 8.78. The van der Waals surface area contributed by atoms with Gasteiger partial charge >= 0.3 is 0 Å². The van der Waals surface area contributed by atoms with Crippen molar-refractivity contribution in [3.8, 4) is 16.8 Å². The second kappa shape index (κ2) is 7.34. The van der Waals surface area contributed by atoms with Gasteiger partial charge in [0.25, 0.3) is 0 Å². The summed E-state index contributed by atoms with van der Waals surface area (Å²) in [6.07, 6.45) is 0. The van der Waals surface area contributed by atoms with Crippen molar-refractivity contribution in [1.82, 2.24) is 9.13 Å². The molecule has 2 N–H and O–H groups in total. The molecular formula is C31H23N3. The van der Waals surface area contributed by atoms with Gasteiger partial charge in [0.15, 0.2) is 0 Å². The maximum Gasteiger partial charge on any atom is 0.0707 e. The molecule has 0 aliphatic heterocycles. The van der Waals surface area contributed by atoms with Crippen LogP contribution in [0.5, 0.6) is 0 Å². The number of nitrogens with two attached hydrogens (primary N) is 1. The molecular weight excluding hydrogens is 414 g/mol. The number of fused-ring (bicyclic) bond motifs is 6. The Morgan fingerprint density at radius 1 is 0.471 bits per heavy atom. The third-order valence-electron chi connectivity index (χ3n) is 6.98. The van der Waals surface area contributed by atoms with Crippen molar-refractivity contribution < 1.29 is 0 Å². The van der Waals surface area contributed by atoms with Crippen LogP contribution in [-0.4, -0.2) is 9.13 Å². The normalized spacial score (nSPS) is 11.8. The van der Waals surface area contributed by atoms with E-state index in [9.17, 15) is 0 Å². The van der Waals surface area contributed by atoms with Gasteiger partial charge in [0, 0.05) is 27.2 Å². The lowest BCUT2D eigenvalue weighted by Gasteiger charge is -2.08. The molecule has 2 heterocycles. The number of rotatable bonds is 3. The number of benzene rings is 5. The molecule has 0 amide bonds. The Kier molecular flexibility index (Phi) is 4.14. The SMILES string of the molecule is NCn1c2ccccc2c2cc(-c3ccc4c(c3)c3ccccc3n4-c3ccccc3)ccc21. The monoisotopic (exact) mass is 437 g/mol. The fourth-order valence-corrected chi connectivity index (χ4v) is 5.44. The lowest BCUT2D eigenvalue weighted by molar-refractivity contribution is 0.791. The van der Waals surface area contributed by atoms with Crippen LogP contribution in [0.25, 0.3) is 60.4 Å². The predicted octanol–water partition coefficient (Wildman–Crippen LogP) is 7.47. The number of hydrogen-bond donors (Lipinski definition) is 1. The summed E-state index contributed by atoms with van der Waals surface area (Å²) in [5.41, 5.74) is 14.5. The van der Waals surface area contributed by atoms with Crippen molar-refractivity contribution in [3.63, 3.8) is 0 Å². The number of nitrogens with zero attached hydrogens (tertiary/aromatic N) is 2. The van der Waals surface area contributed by atoms with Crippen LogP contribution in [0, 0.1) is 0 Å². The van der Waals surface area contributed by atoms with E-state index >= 15 is 0 Å². The molecule has 0 radical (unpaired) electrons. The van der Waals surface area contributed by atoms with E-state index in [0.29, 0.717) is 6.67 Å². The topological polar surface area (TPSA) is 35.9 Å². The highest BCUT2D eigenvalue weighted by molar-refractivity contribution is 6.12. The first-order chi connectivity index (χ1) is 16.8. The number of aromatic nitrogens is 2. The fourth-order valence-electron chi connectivity index (χ4n) is 5.44. The lowest BCUT2D eigenvalue weighted by atomic mass is 10.0. The molecule has 0 fully saturated rings. The van der Waals surface area contributed by atoms with Crippen molar-refractivity contribution in [2.24, 2.45) is 5.73 Å². The highest BCUT2D eigenvalue weighted by atomic mass is 15.0. The van der Waals surface area contributed by atoms with Crippen LogP contribution in [0.15, 0.2) is 115 Å². The van der Waals surface area contributed by atoms with Crippen LogP contribution >= 0.6 is 0 Å². The smallest absolute Gasteiger partial charge is 0.0707 e. The molecule has 7 aromatic rings. The van der Waals surface area contributed by atoms with E-state index in [1.165, 1.54) is 60.4 Å². The third-order valence-corrected chi connectivity index (χ3v) is 6.98. The summed E-state index contributed by atoms with van der Waals surface area (Å²) in [5, 5.41) is 5.02. The van der Waals surface area contributed by atoms with Crippen LogP contribution < -0.4 is 5.73 Å². The van der Waals surface area contributed by atoms with Crippen LogP contribution in [0.3, 0.4) is 0 Å². The zero-order valence-electron chi connectivity index (χ0n) is 18.6. The molecule has 0 saturated heterocycles. The number of para-hydroxylation sites is 3. The minimum Gasteiger partial charge on any atom is -0.327 e. The molecule has 162 valence electrons. The first-order valence-corrected chi connectivity index (χ1v) is 11.6. The quantitative estimate of drug-likeness (QED) is 0.306. The van der Waals surface area contributed by atoms with Gasteiger partial charge in [-0.1, -0.05) is 66.7 Å². The minimum absolute atomic E-state index is 0.467. The van der Waals surface area contributed by atoms with E-state index in [1.54, 1.807) is 0 Å². The summed E-state index contributed by atoms with van der Waals surface area (Å²) < 4.78 is 4.54. The molecule has 3 heteroatoms. The van der Waals surface area contributed by atoms with Crippen molar-refractivity contribution in [3.05, 3.63) is 115 Å². The van der Waals surface area contributed by atoms with Gasteiger partial charge in [-0.05, 0) is 59.7 Å². The van der Waals surface area contributed by atoms with Crippen molar-refractivity contribution in [2.45, 2.75) is 6.67 Å². The van der Waals surface area contributed by atoms with Crippen molar-refractivity contribution in [2.75, 3.05) is 0 Å². The largest absolute Gasteiger partial charge is 0.327 e. The van der Waals surface area contributed by atoms with E-state index in [2.05, 4.69) is 124 Å². The van der Waals surface area contributed by atoms with E-state index < -0.39 is 0 Å². The molecule has 0 unspecified atom stereocenters. The standard InChI is InChI=1S/C31H23N3/c32-20-33-28-12-6-4-10-24(28)26-18-21(14-16-29(26)33)22-15-17-31-27(19-22)25-11-5-7-13-30(25)34(31)23-8-2-1-3-9-23/h1-19H,20,32H2. The lowest BCUT2D eigenvalue weighted by Crippen LogP contribution is -2.05.